The van der Waals surface area contributed by atoms with E-state index in [9.17, 15) is 26.4 Å². The van der Waals surface area contributed by atoms with Gasteiger partial charge >= 0.3 is 11.9 Å². The van der Waals surface area contributed by atoms with E-state index in [2.05, 4.69) is 0 Å². The second-order valence-corrected chi connectivity index (χ2v) is 14.2. The molecule has 0 fully saturated rings. The number of hydrogen-bond acceptors (Lipinski definition) is 10. The van der Waals surface area contributed by atoms with Crippen LogP contribution >= 0.6 is 0 Å². The van der Waals surface area contributed by atoms with Crippen LogP contribution in [0.1, 0.15) is 46.1 Å². The van der Waals surface area contributed by atoms with Gasteiger partial charge < -0.3 is 9.47 Å². The third-order valence-corrected chi connectivity index (χ3v) is 8.33. The molecule has 1 aliphatic rings. The summed E-state index contributed by atoms with van der Waals surface area (Å²) in [6.45, 7) is 5.30. The molecule has 0 saturated carbocycles. The maximum absolute atomic E-state index is 12.4. The van der Waals surface area contributed by atoms with Gasteiger partial charge in [0.15, 0.2) is 0 Å². The number of hydrogen-bond donors (Lipinski definition) is 0. The minimum atomic E-state index is -4.12. The maximum Gasteiger partial charge on any atom is 0.314 e. The first-order valence-corrected chi connectivity index (χ1v) is 15.7. The van der Waals surface area contributed by atoms with Gasteiger partial charge in [-0.15, -0.1) is 0 Å². The molecule has 10 nitrogen and oxygen atoms in total. The van der Waals surface area contributed by atoms with Crippen molar-refractivity contribution in [3.8, 4) is 0 Å². The molecule has 2 rings (SSSR count). The molecule has 1 aliphatic carbocycles. The Labute approximate surface area is 231 Å². The van der Waals surface area contributed by atoms with Gasteiger partial charge in [-0.1, -0.05) is 54.6 Å². The average Bonchev–Trinajstić information content (AvgIpc) is 2.89. The Morgan fingerprint density at radius 3 is 1.87 bits per heavy atom. The molecule has 12 heteroatoms. The van der Waals surface area contributed by atoms with Crippen LogP contribution < -0.4 is 0 Å². The quantitative estimate of drug-likeness (QED) is 0.209. The van der Waals surface area contributed by atoms with Gasteiger partial charge in [-0.05, 0) is 46.1 Å². The highest BCUT2D eigenvalue weighted by molar-refractivity contribution is 7.87. The van der Waals surface area contributed by atoms with E-state index < -0.39 is 67.7 Å². The van der Waals surface area contributed by atoms with Crippen LogP contribution in [0, 0.1) is 16.7 Å². The number of esters is 2. The lowest BCUT2D eigenvalue weighted by Gasteiger charge is -2.23. The van der Waals surface area contributed by atoms with E-state index >= 15 is 0 Å². The lowest BCUT2D eigenvalue weighted by Crippen LogP contribution is -2.34. The number of benzene rings is 1. The second kappa shape index (κ2) is 14.2. The van der Waals surface area contributed by atoms with Crippen molar-refractivity contribution in [2.24, 2.45) is 16.7 Å². The highest BCUT2D eigenvalue weighted by Gasteiger charge is 2.34. The summed E-state index contributed by atoms with van der Waals surface area (Å²) in [5.41, 5.74) is -1.69. The third kappa shape index (κ3) is 12.0. The first-order valence-electron chi connectivity index (χ1n) is 12.6. The number of rotatable bonds is 16. The Kier molecular flexibility index (Phi) is 11.9. The zero-order valence-corrected chi connectivity index (χ0v) is 24.5. The highest BCUT2D eigenvalue weighted by Crippen LogP contribution is 2.22. The zero-order chi connectivity index (χ0) is 29.2. The summed E-state index contributed by atoms with van der Waals surface area (Å²) in [6.07, 6.45) is 8.12. The minimum Gasteiger partial charge on any atom is -0.465 e. The number of carbonyl (C=O) groups is 2. The van der Waals surface area contributed by atoms with Gasteiger partial charge in [0.1, 0.15) is 6.61 Å². The Bertz CT molecular complexity index is 1230. The van der Waals surface area contributed by atoms with Crippen molar-refractivity contribution in [1.82, 2.24) is 0 Å². The van der Waals surface area contributed by atoms with E-state index in [0.29, 0.717) is 0 Å². The number of carbonyl (C=O) groups excluding carboxylic acids is 2. The van der Waals surface area contributed by atoms with Crippen molar-refractivity contribution in [1.29, 1.82) is 0 Å². The van der Waals surface area contributed by atoms with Crippen LogP contribution in [0.15, 0.2) is 54.6 Å². The van der Waals surface area contributed by atoms with Gasteiger partial charge in [0.05, 0.1) is 42.2 Å². The van der Waals surface area contributed by atoms with Crippen molar-refractivity contribution >= 4 is 32.2 Å². The fraction of sp³-hybridized carbons (Fsp3) is 0.556. The Morgan fingerprint density at radius 1 is 0.821 bits per heavy atom. The van der Waals surface area contributed by atoms with Gasteiger partial charge in [-0.3, -0.25) is 18.0 Å². The molecular weight excluding hydrogens is 548 g/mol. The molecule has 0 bridgehead atoms. The summed E-state index contributed by atoms with van der Waals surface area (Å²) < 4.78 is 69.7. The van der Waals surface area contributed by atoms with Crippen molar-refractivity contribution in [3.05, 3.63) is 60.2 Å². The third-order valence-electron chi connectivity index (χ3n) is 5.80. The molecule has 0 spiro atoms. The maximum atomic E-state index is 12.4. The van der Waals surface area contributed by atoms with Crippen LogP contribution in [0.5, 0.6) is 0 Å². The van der Waals surface area contributed by atoms with Gasteiger partial charge in [0, 0.05) is 5.92 Å². The lowest BCUT2D eigenvalue weighted by molar-refractivity contribution is -0.157. The van der Waals surface area contributed by atoms with Crippen LogP contribution in [-0.2, 0) is 54.3 Å². The van der Waals surface area contributed by atoms with Gasteiger partial charge in [0.2, 0.25) is 0 Å². The Hall–Kier alpha value is -2.54. The number of ether oxygens (including phenoxy) is 2. The minimum absolute atomic E-state index is 0.0394. The second-order valence-electron chi connectivity index (χ2n) is 10.6. The van der Waals surface area contributed by atoms with Crippen LogP contribution in [0.4, 0.5) is 0 Å². The molecule has 1 atom stereocenters. The van der Waals surface area contributed by atoms with E-state index in [0.717, 1.165) is 12.0 Å². The van der Waals surface area contributed by atoms with Crippen LogP contribution in [0.2, 0.25) is 0 Å². The molecule has 0 amide bonds. The van der Waals surface area contributed by atoms with Crippen LogP contribution in [-0.4, -0.2) is 60.1 Å². The average molecular weight is 587 g/mol. The molecule has 1 unspecified atom stereocenters. The fourth-order valence-electron chi connectivity index (χ4n) is 3.17. The summed E-state index contributed by atoms with van der Waals surface area (Å²) in [5.74, 6) is -2.36. The largest absolute Gasteiger partial charge is 0.465 e. The summed E-state index contributed by atoms with van der Waals surface area (Å²) in [7, 11) is -8.24. The van der Waals surface area contributed by atoms with Gasteiger partial charge in [-0.2, -0.15) is 16.8 Å². The molecule has 0 saturated heterocycles. The Balaban J connectivity index is 1.73. The van der Waals surface area contributed by atoms with Crippen LogP contribution in [0.3, 0.4) is 0 Å². The first kappa shape index (κ1) is 32.7. The molecule has 1 aromatic carbocycles. The van der Waals surface area contributed by atoms with Crippen molar-refractivity contribution < 1.29 is 44.3 Å². The summed E-state index contributed by atoms with van der Waals surface area (Å²) >= 11 is 0. The van der Waals surface area contributed by atoms with E-state index in [1.165, 1.54) is 27.7 Å². The van der Waals surface area contributed by atoms with Crippen molar-refractivity contribution in [3.63, 3.8) is 0 Å². The predicted molar refractivity (Wildman–Crippen MR) is 145 cm³/mol. The van der Waals surface area contributed by atoms with E-state index in [1.54, 1.807) is 24.3 Å². The molecule has 39 heavy (non-hydrogen) atoms. The monoisotopic (exact) mass is 586 g/mol. The highest BCUT2D eigenvalue weighted by atomic mass is 32.2. The molecule has 1 aromatic rings. The molecule has 0 radical (unpaired) electrons. The van der Waals surface area contributed by atoms with E-state index in [-0.39, 0.29) is 25.6 Å². The fourth-order valence-corrected chi connectivity index (χ4v) is 5.54. The summed E-state index contributed by atoms with van der Waals surface area (Å²) in [5, 5.41) is 0. The lowest BCUT2D eigenvalue weighted by atomic mass is 9.95. The first-order chi connectivity index (χ1) is 18.1. The molecule has 0 aromatic heterocycles. The Morgan fingerprint density at radius 2 is 1.36 bits per heavy atom. The molecule has 0 aliphatic heterocycles. The molecule has 0 heterocycles. The smallest absolute Gasteiger partial charge is 0.314 e. The van der Waals surface area contributed by atoms with Gasteiger partial charge in [0.25, 0.3) is 20.2 Å². The predicted octanol–water partition coefficient (Wildman–Crippen LogP) is 3.54. The molecule has 218 valence electrons. The molecular formula is C27H38O10S2. The van der Waals surface area contributed by atoms with Crippen LogP contribution in [0.25, 0.3) is 0 Å². The summed E-state index contributed by atoms with van der Waals surface area (Å²) in [6, 6.07) is 9.02. The normalized spacial score (nSPS) is 16.2. The SMILES string of the molecule is CC(C)(COS(=O)(=O)CCCS(=O)(=O)OCC(C)(C)C(=O)OCC1C=CC=CC1)C(=O)OCc1ccccc1. The standard InChI is InChI=1S/C27H38O10S2/c1-26(2,24(28)34-18-22-12-7-5-8-13-22)20-36-38(30,31)16-11-17-39(32,33)37-21-27(3,4)25(29)35-19-23-14-9-6-10-15-23/h5-10,12-14,23H,11,15-21H2,1-4H3. The number of allylic oxidation sites excluding steroid dienone is 3. The summed E-state index contributed by atoms with van der Waals surface area (Å²) in [4.78, 5) is 24.8. The van der Waals surface area contributed by atoms with Crippen molar-refractivity contribution in [2.45, 2.75) is 47.1 Å². The topological polar surface area (TPSA) is 139 Å². The van der Waals surface area contributed by atoms with E-state index in [4.69, 9.17) is 17.8 Å². The van der Waals surface area contributed by atoms with Gasteiger partial charge in [-0.25, -0.2) is 0 Å². The van der Waals surface area contributed by atoms with E-state index in [1.807, 2.05) is 30.4 Å². The zero-order valence-electron chi connectivity index (χ0n) is 22.8. The van der Waals surface area contributed by atoms with Crippen molar-refractivity contribution in [2.75, 3.05) is 31.3 Å². The molecule has 0 N–H and O–H groups in total.